The van der Waals surface area contributed by atoms with Gasteiger partial charge in [-0.2, -0.15) is 13.2 Å². The van der Waals surface area contributed by atoms with Crippen molar-refractivity contribution < 1.29 is 32.2 Å². The summed E-state index contributed by atoms with van der Waals surface area (Å²) >= 11 is 0. The molecule has 0 N–H and O–H groups in total. The number of piperidine rings is 1. The van der Waals surface area contributed by atoms with E-state index >= 15 is 0 Å². The Kier molecular flexibility index (Phi) is 8.19. The van der Waals surface area contributed by atoms with Gasteiger partial charge in [0.1, 0.15) is 6.10 Å². The quantitative estimate of drug-likeness (QED) is 0.465. The van der Waals surface area contributed by atoms with Gasteiger partial charge in [0.2, 0.25) is 0 Å². The predicted octanol–water partition coefficient (Wildman–Crippen LogP) is 5.56. The third-order valence-electron chi connectivity index (χ3n) is 6.37. The molecule has 8 heteroatoms. The number of hydrogen-bond acceptors (Lipinski definition) is 5. The summed E-state index contributed by atoms with van der Waals surface area (Å²) in [6.45, 7) is 8.63. The van der Waals surface area contributed by atoms with Gasteiger partial charge in [-0.05, 0) is 47.9 Å². The van der Waals surface area contributed by atoms with E-state index in [0.717, 1.165) is 37.1 Å². The van der Waals surface area contributed by atoms with Gasteiger partial charge >= 0.3 is 12.1 Å². The lowest BCUT2D eigenvalue weighted by Gasteiger charge is -2.47. The summed E-state index contributed by atoms with van der Waals surface area (Å²) in [5.74, 6) is 1.21. The number of esters is 1. The van der Waals surface area contributed by atoms with Gasteiger partial charge in [-0.1, -0.05) is 27.7 Å². The smallest absolute Gasteiger partial charge is 0.422 e. The zero-order chi connectivity index (χ0) is 24.3. The van der Waals surface area contributed by atoms with Crippen LogP contribution in [0, 0.1) is 17.8 Å². The van der Waals surface area contributed by atoms with Crippen molar-refractivity contribution in [3.8, 4) is 11.5 Å². The molecule has 3 atom stereocenters. The highest BCUT2D eigenvalue weighted by Crippen LogP contribution is 2.44. The largest absolute Gasteiger partial charge is 0.493 e. The molecule has 0 amide bonds. The van der Waals surface area contributed by atoms with Crippen molar-refractivity contribution in [2.45, 2.75) is 71.7 Å². The number of benzene rings is 1. The van der Waals surface area contributed by atoms with Gasteiger partial charge in [-0.25, -0.2) is 0 Å². The Balaban J connectivity index is 1.85. The van der Waals surface area contributed by atoms with Gasteiger partial charge in [-0.3, -0.25) is 9.69 Å². The van der Waals surface area contributed by atoms with Gasteiger partial charge in [0.15, 0.2) is 18.1 Å². The number of halogens is 3. The van der Waals surface area contributed by atoms with Crippen molar-refractivity contribution in [3.05, 3.63) is 23.3 Å². The Hall–Kier alpha value is -1.96. The first kappa shape index (κ1) is 25.7. The standard InChI is InChI=1S/C25H36F3NO4/c1-15(2)8-18-13-29-7-6-17-10-23(32-14-25(26,27)28)22(31-5)11-19(17)20(29)12-21(18)33-24(30)9-16(3)4/h10-11,15-16,18,20-21H,6-9,12-14H2,1-5H3. The van der Waals surface area contributed by atoms with Crippen LogP contribution >= 0.6 is 0 Å². The molecule has 1 aromatic carbocycles. The van der Waals surface area contributed by atoms with Crippen LogP contribution in [0.3, 0.4) is 0 Å². The highest BCUT2D eigenvalue weighted by atomic mass is 19.4. The van der Waals surface area contributed by atoms with Gasteiger partial charge < -0.3 is 14.2 Å². The van der Waals surface area contributed by atoms with Crippen molar-refractivity contribution >= 4 is 5.97 Å². The SMILES string of the molecule is COc1cc2c(cc1OCC(F)(F)F)CCN1CC(CC(C)C)C(OC(=O)CC(C)C)CC21. The minimum Gasteiger partial charge on any atom is -0.493 e. The molecule has 33 heavy (non-hydrogen) atoms. The first-order valence-electron chi connectivity index (χ1n) is 11.8. The van der Waals surface area contributed by atoms with Crippen molar-refractivity contribution in [1.29, 1.82) is 0 Å². The molecule has 0 spiro atoms. The lowest BCUT2D eigenvalue weighted by atomic mass is 9.79. The topological polar surface area (TPSA) is 48.0 Å². The van der Waals surface area contributed by atoms with Crippen LogP contribution in [-0.4, -0.2) is 50.0 Å². The van der Waals surface area contributed by atoms with Crippen molar-refractivity contribution in [2.24, 2.45) is 17.8 Å². The van der Waals surface area contributed by atoms with E-state index < -0.39 is 12.8 Å². The van der Waals surface area contributed by atoms with E-state index in [4.69, 9.17) is 14.2 Å². The van der Waals surface area contributed by atoms with Gasteiger partial charge in [0.05, 0.1) is 7.11 Å². The zero-order valence-corrected chi connectivity index (χ0v) is 20.2. The van der Waals surface area contributed by atoms with E-state index in [-0.39, 0.29) is 41.4 Å². The van der Waals surface area contributed by atoms with E-state index in [2.05, 4.69) is 18.7 Å². The molecule has 3 rings (SSSR count). The highest BCUT2D eigenvalue weighted by Gasteiger charge is 2.41. The number of carbonyl (C=O) groups is 1. The van der Waals surface area contributed by atoms with Crippen molar-refractivity contribution in [1.82, 2.24) is 4.90 Å². The van der Waals surface area contributed by atoms with Crippen molar-refractivity contribution in [2.75, 3.05) is 26.8 Å². The fourth-order valence-corrected chi connectivity index (χ4v) is 5.05. The lowest BCUT2D eigenvalue weighted by molar-refractivity contribution is -0.158. The molecule has 5 nitrogen and oxygen atoms in total. The first-order valence-corrected chi connectivity index (χ1v) is 11.8. The molecule has 2 aliphatic rings. The van der Waals surface area contributed by atoms with E-state index in [1.165, 1.54) is 7.11 Å². The van der Waals surface area contributed by atoms with Crippen LogP contribution < -0.4 is 9.47 Å². The molecule has 186 valence electrons. The minimum absolute atomic E-state index is 0.0274. The molecule has 0 aliphatic carbocycles. The fraction of sp³-hybridized carbons (Fsp3) is 0.720. The second-order valence-corrected chi connectivity index (χ2v) is 10.1. The Morgan fingerprint density at radius 1 is 1.15 bits per heavy atom. The van der Waals surface area contributed by atoms with Crippen molar-refractivity contribution in [3.63, 3.8) is 0 Å². The summed E-state index contributed by atoms with van der Waals surface area (Å²) in [4.78, 5) is 14.9. The molecule has 1 aromatic rings. The van der Waals surface area contributed by atoms with E-state index in [0.29, 0.717) is 18.8 Å². The van der Waals surface area contributed by atoms with Gasteiger partial charge in [0, 0.05) is 37.9 Å². The number of nitrogens with zero attached hydrogens (tertiary/aromatic N) is 1. The summed E-state index contributed by atoms with van der Waals surface area (Å²) in [6.07, 6.45) is -1.84. The monoisotopic (exact) mass is 471 g/mol. The zero-order valence-electron chi connectivity index (χ0n) is 20.2. The molecular weight excluding hydrogens is 435 g/mol. The average Bonchev–Trinajstić information content (AvgIpc) is 2.70. The molecule has 2 aliphatic heterocycles. The first-order chi connectivity index (χ1) is 15.5. The van der Waals surface area contributed by atoms with Crippen LogP contribution in [0.5, 0.6) is 11.5 Å². The van der Waals surface area contributed by atoms with Gasteiger partial charge in [-0.15, -0.1) is 0 Å². The fourth-order valence-electron chi connectivity index (χ4n) is 5.05. The summed E-state index contributed by atoms with van der Waals surface area (Å²) in [6, 6.07) is 3.50. The third-order valence-corrected chi connectivity index (χ3v) is 6.37. The van der Waals surface area contributed by atoms with E-state index in [1.807, 2.05) is 13.8 Å². The number of carbonyl (C=O) groups excluding carboxylic acids is 1. The Bertz CT molecular complexity index is 825. The van der Waals surface area contributed by atoms with Crippen LogP contribution in [0.4, 0.5) is 13.2 Å². The maximum absolute atomic E-state index is 12.7. The number of fused-ring (bicyclic) bond motifs is 3. The second-order valence-electron chi connectivity index (χ2n) is 10.1. The molecule has 0 bridgehead atoms. The van der Waals surface area contributed by atoms with E-state index in [9.17, 15) is 18.0 Å². The molecular formula is C25H36F3NO4. The number of ether oxygens (including phenoxy) is 3. The minimum atomic E-state index is -4.42. The van der Waals surface area contributed by atoms with Crippen LogP contribution in [0.25, 0.3) is 0 Å². The molecule has 0 saturated carbocycles. The number of methoxy groups -OCH3 is 1. The number of alkyl halides is 3. The maximum Gasteiger partial charge on any atom is 0.422 e. The van der Waals surface area contributed by atoms with Crippen LogP contribution in [0.2, 0.25) is 0 Å². The predicted molar refractivity (Wildman–Crippen MR) is 119 cm³/mol. The summed E-state index contributed by atoms with van der Waals surface area (Å²) in [7, 11) is 1.43. The maximum atomic E-state index is 12.7. The van der Waals surface area contributed by atoms with Crippen LogP contribution in [0.1, 0.15) is 64.1 Å². The average molecular weight is 472 g/mol. The molecule has 3 unspecified atom stereocenters. The summed E-state index contributed by atoms with van der Waals surface area (Å²) in [5.41, 5.74) is 1.98. The number of rotatable bonds is 8. The Morgan fingerprint density at radius 3 is 2.48 bits per heavy atom. The summed E-state index contributed by atoms with van der Waals surface area (Å²) in [5, 5.41) is 0. The molecule has 2 heterocycles. The highest BCUT2D eigenvalue weighted by molar-refractivity contribution is 5.69. The Labute approximate surface area is 194 Å². The molecule has 0 aromatic heterocycles. The second kappa shape index (κ2) is 10.5. The lowest BCUT2D eigenvalue weighted by Crippen LogP contribution is -2.49. The molecule has 1 fully saturated rings. The van der Waals surface area contributed by atoms with E-state index in [1.54, 1.807) is 12.1 Å². The van der Waals surface area contributed by atoms with Crippen LogP contribution in [-0.2, 0) is 16.0 Å². The van der Waals surface area contributed by atoms with Crippen LogP contribution in [0.15, 0.2) is 12.1 Å². The Morgan fingerprint density at radius 2 is 1.88 bits per heavy atom. The molecule has 0 radical (unpaired) electrons. The normalized spacial score (nSPS) is 23.3. The number of hydrogen-bond donors (Lipinski definition) is 0. The summed E-state index contributed by atoms with van der Waals surface area (Å²) < 4.78 is 54.4. The molecule has 1 saturated heterocycles. The third kappa shape index (κ3) is 6.78. The van der Waals surface area contributed by atoms with Gasteiger partial charge in [0.25, 0.3) is 0 Å².